The van der Waals surface area contributed by atoms with Crippen molar-refractivity contribution in [1.82, 2.24) is 0 Å². The molecule has 0 saturated heterocycles. The Balaban J connectivity index is 1.85. The summed E-state index contributed by atoms with van der Waals surface area (Å²) in [5.41, 5.74) is 2.48. The van der Waals surface area contributed by atoms with Crippen LogP contribution in [0, 0.1) is 0 Å². The third-order valence-electron chi connectivity index (χ3n) is 3.11. The number of halogens is 3. The van der Waals surface area contributed by atoms with E-state index in [0.717, 1.165) is 31.8 Å². The van der Waals surface area contributed by atoms with Gasteiger partial charge < -0.3 is 5.32 Å². The fraction of sp³-hybridized carbons (Fsp3) is 0.231. The topological polar surface area (TPSA) is 12.0 Å². The Hall–Kier alpha value is -0.0300. The first-order valence-corrected chi connectivity index (χ1v) is 8.41. The molecule has 1 heterocycles. The van der Waals surface area contributed by atoms with Crippen LogP contribution < -0.4 is 5.32 Å². The molecule has 1 unspecified atom stereocenters. The summed E-state index contributed by atoms with van der Waals surface area (Å²) in [5.74, 6) is 0. The van der Waals surface area contributed by atoms with Crippen molar-refractivity contribution in [2.45, 2.75) is 18.9 Å². The van der Waals surface area contributed by atoms with Gasteiger partial charge in [-0.2, -0.15) is 0 Å². The molecule has 1 atom stereocenters. The maximum atomic E-state index is 6.07. The summed E-state index contributed by atoms with van der Waals surface area (Å²) in [6, 6.07) is 8.66. The van der Waals surface area contributed by atoms with E-state index in [1.54, 1.807) is 11.3 Å². The van der Waals surface area contributed by atoms with E-state index in [4.69, 9.17) is 11.6 Å². The molecule has 0 aliphatic heterocycles. The summed E-state index contributed by atoms with van der Waals surface area (Å²) >= 11 is 14.8. The second-order valence-electron chi connectivity index (χ2n) is 4.29. The number of anilines is 1. The standard InChI is InChI=1S/C13H10Br2ClNS/c14-7-1-2-11(9(15)5-7)17-10-3-4-12-8(10)6-13(16)18-12/h1-2,5-6,10,17H,3-4H2. The van der Waals surface area contributed by atoms with E-state index in [1.165, 1.54) is 10.4 Å². The van der Waals surface area contributed by atoms with E-state index in [0.29, 0.717) is 6.04 Å². The van der Waals surface area contributed by atoms with Gasteiger partial charge in [0.2, 0.25) is 0 Å². The monoisotopic (exact) mass is 405 g/mol. The lowest BCUT2D eigenvalue weighted by atomic mass is 10.1. The van der Waals surface area contributed by atoms with Crippen molar-refractivity contribution in [3.05, 3.63) is 48.0 Å². The lowest BCUT2D eigenvalue weighted by molar-refractivity contribution is 0.762. The van der Waals surface area contributed by atoms with E-state index in [1.807, 2.05) is 6.07 Å². The minimum absolute atomic E-state index is 0.376. The number of rotatable bonds is 2. The number of hydrogen-bond donors (Lipinski definition) is 1. The van der Waals surface area contributed by atoms with Crippen LogP contribution in [0.5, 0.6) is 0 Å². The third-order valence-corrected chi connectivity index (χ3v) is 5.60. The van der Waals surface area contributed by atoms with Crippen LogP contribution >= 0.6 is 54.8 Å². The molecule has 1 aromatic heterocycles. The average molecular weight is 408 g/mol. The van der Waals surface area contributed by atoms with Gasteiger partial charge in [0.1, 0.15) is 0 Å². The van der Waals surface area contributed by atoms with Crippen molar-refractivity contribution < 1.29 is 0 Å². The number of fused-ring (bicyclic) bond motifs is 1. The summed E-state index contributed by atoms with van der Waals surface area (Å²) < 4.78 is 3.04. The highest BCUT2D eigenvalue weighted by molar-refractivity contribution is 9.11. The molecule has 18 heavy (non-hydrogen) atoms. The van der Waals surface area contributed by atoms with Gasteiger partial charge >= 0.3 is 0 Å². The third kappa shape index (κ3) is 2.48. The molecule has 5 heteroatoms. The highest BCUT2D eigenvalue weighted by atomic mass is 79.9. The Labute approximate surface area is 132 Å². The number of benzene rings is 1. The van der Waals surface area contributed by atoms with E-state index >= 15 is 0 Å². The zero-order valence-corrected chi connectivity index (χ0v) is 14.1. The lowest BCUT2D eigenvalue weighted by Crippen LogP contribution is -2.06. The van der Waals surface area contributed by atoms with E-state index < -0.39 is 0 Å². The van der Waals surface area contributed by atoms with Crippen molar-refractivity contribution in [1.29, 1.82) is 0 Å². The molecule has 3 rings (SSSR count). The van der Waals surface area contributed by atoms with Crippen LogP contribution in [-0.2, 0) is 6.42 Å². The Bertz CT molecular complexity index is 597. The van der Waals surface area contributed by atoms with Gasteiger partial charge in [0.05, 0.1) is 10.4 Å². The first-order valence-electron chi connectivity index (χ1n) is 5.63. The largest absolute Gasteiger partial charge is 0.377 e. The minimum atomic E-state index is 0.376. The normalized spacial score (nSPS) is 17.8. The summed E-state index contributed by atoms with van der Waals surface area (Å²) in [7, 11) is 0. The van der Waals surface area contributed by atoms with Crippen LogP contribution in [0.15, 0.2) is 33.2 Å². The van der Waals surface area contributed by atoms with Gasteiger partial charge in [-0.05, 0) is 58.6 Å². The minimum Gasteiger partial charge on any atom is -0.377 e. The molecule has 1 aliphatic rings. The quantitative estimate of drug-likeness (QED) is 0.641. The number of aryl methyl sites for hydroxylation is 1. The first-order chi connectivity index (χ1) is 8.63. The van der Waals surface area contributed by atoms with E-state index in [2.05, 4.69) is 55.4 Å². The smallest absolute Gasteiger partial charge is 0.0934 e. The second kappa shape index (κ2) is 5.16. The molecule has 1 aromatic carbocycles. The highest BCUT2D eigenvalue weighted by Gasteiger charge is 2.25. The number of nitrogens with one attached hydrogen (secondary N) is 1. The Morgan fingerprint density at radius 1 is 1.28 bits per heavy atom. The van der Waals surface area contributed by atoms with Gasteiger partial charge in [0, 0.05) is 19.5 Å². The SMILES string of the molecule is Clc1cc2c(s1)CCC2Nc1ccc(Br)cc1Br. The van der Waals surface area contributed by atoms with Gasteiger partial charge in [-0.3, -0.25) is 0 Å². The molecule has 0 bridgehead atoms. The maximum absolute atomic E-state index is 6.07. The molecule has 0 amide bonds. The Morgan fingerprint density at radius 2 is 2.11 bits per heavy atom. The van der Waals surface area contributed by atoms with Gasteiger partial charge in [0.25, 0.3) is 0 Å². The predicted molar refractivity (Wildman–Crippen MR) is 85.9 cm³/mol. The molecule has 0 spiro atoms. The number of thiophene rings is 1. The summed E-state index contributed by atoms with van der Waals surface area (Å²) in [5, 5.41) is 3.59. The van der Waals surface area contributed by atoms with Gasteiger partial charge in [-0.25, -0.2) is 0 Å². The van der Waals surface area contributed by atoms with Crippen LogP contribution in [0.3, 0.4) is 0 Å². The molecule has 0 fully saturated rings. The Kier molecular flexibility index (Phi) is 3.72. The summed E-state index contributed by atoms with van der Waals surface area (Å²) in [4.78, 5) is 1.42. The fourth-order valence-corrected chi connectivity index (χ4v) is 4.79. The lowest BCUT2D eigenvalue weighted by Gasteiger charge is -2.16. The van der Waals surface area contributed by atoms with Crippen molar-refractivity contribution in [3.8, 4) is 0 Å². The molecule has 2 aromatic rings. The van der Waals surface area contributed by atoms with Crippen molar-refractivity contribution >= 4 is 60.5 Å². The van der Waals surface area contributed by atoms with Crippen LogP contribution in [-0.4, -0.2) is 0 Å². The zero-order valence-electron chi connectivity index (χ0n) is 9.34. The van der Waals surface area contributed by atoms with E-state index in [-0.39, 0.29) is 0 Å². The molecule has 1 N–H and O–H groups in total. The molecule has 0 saturated carbocycles. The number of hydrogen-bond acceptors (Lipinski definition) is 2. The molecular formula is C13H10Br2ClNS. The maximum Gasteiger partial charge on any atom is 0.0934 e. The van der Waals surface area contributed by atoms with Crippen LogP contribution in [0.2, 0.25) is 4.34 Å². The first kappa shape index (κ1) is 13.0. The van der Waals surface area contributed by atoms with Crippen molar-refractivity contribution in [3.63, 3.8) is 0 Å². The molecule has 94 valence electrons. The second-order valence-corrected chi connectivity index (χ2v) is 7.83. The van der Waals surface area contributed by atoms with Gasteiger partial charge in [0.15, 0.2) is 0 Å². The fourth-order valence-electron chi connectivity index (χ4n) is 2.27. The molecule has 1 nitrogen and oxygen atoms in total. The summed E-state index contributed by atoms with van der Waals surface area (Å²) in [6.45, 7) is 0. The van der Waals surface area contributed by atoms with Crippen molar-refractivity contribution in [2.75, 3.05) is 5.32 Å². The zero-order chi connectivity index (χ0) is 12.7. The summed E-state index contributed by atoms with van der Waals surface area (Å²) in [6.07, 6.45) is 2.26. The van der Waals surface area contributed by atoms with Crippen LogP contribution in [0.1, 0.15) is 22.9 Å². The molecular weight excluding hydrogens is 397 g/mol. The van der Waals surface area contributed by atoms with Gasteiger partial charge in [-0.15, -0.1) is 11.3 Å². The molecule has 0 radical (unpaired) electrons. The van der Waals surface area contributed by atoms with Crippen LogP contribution in [0.4, 0.5) is 5.69 Å². The van der Waals surface area contributed by atoms with Crippen LogP contribution in [0.25, 0.3) is 0 Å². The Morgan fingerprint density at radius 3 is 2.89 bits per heavy atom. The van der Waals surface area contributed by atoms with Gasteiger partial charge in [-0.1, -0.05) is 27.5 Å². The average Bonchev–Trinajstić information content (AvgIpc) is 2.83. The highest BCUT2D eigenvalue weighted by Crippen LogP contribution is 2.41. The molecule has 1 aliphatic carbocycles. The van der Waals surface area contributed by atoms with Crippen molar-refractivity contribution in [2.24, 2.45) is 0 Å². The van der Waals surface area contributed by atoms with E-state index in [9.17, 15) is 0 Å². The predicted octanol–water partition coefficient (Wildman–Crippen LogP) is 6.03.